The Morgan fingerprint density at radius 1 is 1.38 bits per heavy atom. The highest BCUT2D eigenvalue weighted by atomic mass is 79.9. The fourth-order valence-electron chi connectivity index (χ4n) is 1.60. The van der Waals surface area contributed by atoms with Gasteiger partial charge in [0, 0.05) is 6.54 Å². The third-order valence-corrected chi connectivity index (χ3v) is 3.73. The molecule has 1 aromatic carbocycles. The number of rotatable bonds is 8. The van der Waals surface area contributed by atoms with Crippen LogP contribution in [0.4, 0.5) is 0 Å². The second-order valence-electron chi connectivity index (χ2n) is 4.33. The molecule has 2 N–H and O–H groups in total. The van der Waals surface area contributed by atoms with Crippen LogP contribution in [0.3, 0.4) is 0 Å². The lowest BCUT2D eigenvalue weighted by molar-refractivity contribution is -0.122. The van der Waals surface area contributed by atoms with Crippen molar-refractivity contribution in [3.05, 3.63) is 26.6 Å². The molecule has 0 aromatic heterocycles. The SMILES string of the molecule is C#CCNC(=O)COc1c(Br)cc(CNCCC)cc1Br. The van der Waals surface area contributed by atoms with E-state index in [0.717, 1.165) is 34.0 Å². The van der Waals surface area contributed by atoms with Gasteiger partial charge in [0.25, 0.3) is 5.91 Å². The van der Waals surface area contributed by atoms with Crippen LogP contribution in [-0.2, 0) is 11.3 Å². The molecule has 0 radical (unpaired) electrons. The fourth-order valence-corrected chi connectivity index (χ4v) is 3.11. The summed E-state index contributed by atoms with van der Waals surface area (Å²) in [5, 5.41) is 5.88. The highest BCUT2D eigenvalue weighted by Crippen LogP contribution is 2.34. The average Bonchev–Trinajstić information content (AvgIpc) is 2.44. The molecule has 0 aliphatic carbocycles. The zero-order valence-electron chi connectivity index (χ0n) is 11.8. The maximum Gasteiger partial charge on any atom is 0.258 e. The molecule has 1 amide bonds. The van der Waals surface area contributed by atoms with Gasteiger partial charge in [0.2, 0.25) is 0 Å². The molecule has 114 valence electrons. The molecule has 4 nitrogen and oxygen atoms in total. The van der Waals surface area contributed by atoms with Gasteiger partial charge in [-0.2, -0.15) is 0 Å². The molecule has 0 atom stereocenters. The van der Waals surface area contributed by atoms with Crippen molar-refractivity contribution in [1.82, 2.24) is 10.6 Å². The van der Waals surface area contributed by atoms with Gasteiger partial charge < -0.3 is 15.4 Å². The normalized spacial score (nSPS) is 10.0. The van der Waals surface area contributed by atoms with E-state index < -0.39 is 0 Å². The molecule has 1 aromatic rings. The van der Waals surface area contributed by atoms with Crippen molar-refractivity contribution in [2.45, 2.75) is 19.9 Å². The van der Waals surface area contributed by atoms with Crippen molar-refractivity contribution in [1.29, 1.82) is 0 Å². The summed E-state index contributed by atoms with van der Waals surface area (Å²) in [5.74, 6) is 2.69. The maximum absolute atomic E-state index is 11.5. The number of carbonyl (C=O) groups excluding carboxylic acids is 1. The lowest BCUT2D eigenvalue weighted by atomic mass is 10.2. The molecule has 0 unspecified atom stereocenters. The van der Waals surface area contributed by atoms with Crippen LogP contribution in [0, 0.1) is 12.3 Å². The lowest BCUT2D eigenvalue weighted by Crippen LogP contribution is -2.29. The number of amides is 1. The summed E-state index contributed by atoms with van der Waals surface area (Å²) in [6.07, 6.45) is 6.17. The van der Waals surface area contributed by atoms with E-state index in [-0.39, 0.29) is 19.1 Å². The van der Waals surface area contributed by atoms with E-state index in [4.69, 9.17) is 11.2 Å². The van der Waals surface area contributed by atoms with Crippen LogP contribution in [0.1, 0.15) is 18.9 Å². The molecule has 0 spiro atoms. The van der Waals surface area contributed by atoms with Crippen LogP contribution in [0.2, 0.25) is 0 Å². The van der Waals surface area contributed by atoms with Gasteiger partial charge in [-0.3, -0.25) is 4.79 Å². The molecule has 0 saturated heterocycles. The Morgan fingerprint density at radius 2 is 2.05 bits per heavy atom. The number of hydrogen-bond acceptors (Lipinski definition) is 3. The number of terminal acetylenes is 1. The summed E-state index contributed by atoms with van der Waals surface area (Å²) in [6, 6.07) is 3.95. The minimum Gasteiger partial charge on any atom is -0.481 e. The summed E-state index contributed by atoms with van der Waals surface area (Å²) >= 11 is 6.93. The van der Waals surface area contributed by atoms with Gasteiger partial charge in [0.1, 0.15) is 5.75 Å². The highest BCUT2D eigenvalue weighted by Gasteiger charge is 2.11. The number of nitrogens with one attached hydrogen (secondary N) is 2. The van der Waals surface area contributed by atoms with Crippen LogP contribution in [0.25, 0.3) is 0 Å². The zero-order chi connectivity index (χ0) is 15.7. The first-order valence-electron chi connectivity index (χ1n) is 6.60. The van der Waals surface area contributed by atoms with Crippen molar-refractivity contribution in [3.63, 3.8) is 0 Å². The first-order chi connectivity index (χ1) is 10.1. The van der Waals surface area contributed by atoms with E-state index in [0.29, 0.717) is 5.75 Å². The minimum atomic E-state index is -0.250. The Hall–Kier alpha value is -1.03. The zero-order valence-corrected chi connectivity index (χ0v) is 15.0. The molecule has 0 aliphatic heterocycles. The summed E-state index contributed by atoms with van der Waals surface area (Å²) in [7, 11) is 0. The molecule has 21 heavy (non-hydrogen) atoms. The van der Waals surface area contributed by atoms with Crippen LogP contribution >= 0.6 is 31.9 Å². The summed E-state index contributed by atoms with van der Waals surface area (Å²) in [5.41, 5.74) is 1.13. The van der Waals surface area contributed by atoms with Gasteiger partial charge in [-0.05, 0) is 62.5 Å². The molecule has 1 rings (SSSR count). The van der Waals surface area contributed by atoms with Gasteiger partial charge in [-0.1, -0.05) is 12.8 Å². The Kier molecular flexibility index (Phi) is 8.43. The molecular formula is C15H18Br2N2O2. The van der Waals surface area contributed by atoms with Crippen LogP contribution < -0.4 is 15.4 Å². The number of halogens is 2. The molecule has 0 saturated carbocycles. The number of hydrogen-bond donors (Lipinski definition) is 2. The first-order valence-corrected chi connectivity index (χ1v) is 8.18. The minimum absolute atomic E-state index is 0.0771. The quantitative estimate of drug-likeness (QED) is 0.505. The van der Waals surface area contributed by atoms with Crippen molar-refractivity contribution < 1.29 is 9.53 Å². The van der Waals surface area contributed by atoms with E-state index >= 15 is 0 Å². The Labute approximate surface area is 142 Å². The monoisotopic (exact) mass is 416 g/mol. The topological polar surface area (TPSA) is 50.4 Å². The number of benzene rings is 1. The summed E-state index contributed by atoms with van der Waals surface area (Å²) in [4.78, 5) is 11.5. The third kappa shape index (κ3) is 6.51. The number of carbonyl (C=O) groups is 1. The van der Waals surface area contributed by atoms with Crippen LogP contribution in [0.5, 0.6) is 5.75 Å². The Morgan fingerprint density at radius 3 is 2.62 bits per heavy atom. The van der Waals surface area contributed by atoms with E-state index in [1.54, 1.807) is 0 Å². The van der Waals surface area contributed by atoms with Crippen LogP contribution in [0.15, 0.2) is 21.1 Å². The molecule has 6 heteroatoms. The van der Waals surface area contributed by atoms with Crippen molar-refractivity contribution in [2.75, 3.05) is 19.7 Å². The van der Waals surface area contributed by atoms with E-state index in [1.807, 2.05) is 12.1 Å². The summed E-state index contributed by atoms with van der Waals surface area (Å²) in [6.45, 7) is 4.01. The molecular weight excluding hydrogens is 400 g/mol. The standard InChI is InChI=1S/C15H18Br2N2O2/c1-3-5-18-9-11-7-12(16)15(13(17)8-11)21-10-14(20)19-6-4-2/h2,7-8,18H,3,5-6,9-10H2,1H3,(H,19,20). The predicted molar refractivity (Wildman–Crippen MR) is 91.2 cm³/mol. The second kappa shape index (κ2) is 9.82. The fraction of sp³-hybridized carbons (Fsp3) is 0.400. The lowest BCUT2D eigenvalue weighted by Gasteiger charge is -2.12. The van der Waals surface area contributed by atoms with Crippen molar-refractivity contribution >= 4 is 37.8 Å². The molecule has 0 aliphatic rings. The molecule has 0 bridgehead atoms. The Balaban J connectivity index is 2.63. The smallest absolute Gasteiger partial charge is 0.258 e. The summed E-state index contributed by atoms with van der Waals surface area (Å²) < 4.78 is 7.11. The van der Waals surface area contributed by atoms with Gasteiger partial charge in [-0.15, -0.1) is 6.42 Å². The molecule has 0 heterocycles. The van der Waals surface area contributed by atoms with Crippen molar-refractivity contribution in [3.8, 4) is 18.1 Å². The highest BCUT2D eigenvalue weighted by molar-refractivity contribution is 9.11. The van der Waals surface area contributed by atoms with Gasteiger partial charge >= 0.3 is 0 Å². The second-order valence-corrected chi connectivity index (χ2v) is 6.04. The van der Waals surface area contributed by atoms with Gasteiger partial charge in [-0.25, -0.2) is 0 Å². The van der Waals surface area contributed by atoms with Crippen molar-refractivity contribution in [2.24, 2.45) is 0 Å². The largest absolute Gasteiger partial charge is 0.481 e. The average molecular weight is 418 g/mol. The Bertz CT molecular complexity index is 504. The first kappa shape index (κ1) is 18.0. The predicted octanol–water partition coefficient (Wildman–Crippen LogP) is 2.84. The molecule has 0 fully saturated rings. The number of ether oxygens (including phenoxy) is 1. The third-order valence-electron chi connectivity index (χ3n) is 2.55. The van der Waals surface area contributed by atoms with E-state index in [9.17, 15) is 4.79 Å². The van der Waals surface area contributed by atoms with E-state index in [2.05, 4.69) is 55.3 Å². The van der Waals surface area contributed by atoms with Crippen LogP contribution in [-0.4, -0.2) is 25.6 Å². The van der Waals surface area contributed by atoms with Gasteiger partial charge in [0.15, 0.2) is 6.61 Å². The van der Waals surface area contributed by atoms with Gasteiger partial charge in [0.05, 0.1) is 15.5 Å². The maximum atomic E-state index is 11.5. The van der Waals surface area contributed by atoms with E-state index in [1.165, 1.54) is 0 Å².